The molecule has 0 fully saturated rings. The van der Waals surface area contributed by atoms with Gasteiger partial charge in [-0.05, 0) is 24.7 Å². The largest absolute Gasteiger partial charge is 4.00 e. The van der Waals surface area contributed by atoms with Gasteiger partial charge in [0, 0.05) is 0 Å². The van der Waals surface area contributed by atoms with Crippen molar-refractivity contribution in [1.29, 1.82) is 0 Å². The van der Waals surface area contributed by atoms with Crippen molar-refractivity contribution in [3.8, 4) is 11.4 Å². The number of nitrogens with zero attached hydrogens (tertiary/aromatic N) is 3. The van der Waals surface area contributed by atoms with Crippen molar-refractivity contribution in [2.75, 3.05) is 4.90 Å². The van der Waals surface area contributed by atoms with E-state index in [1.54, 1.807) is 0 Å². The molecule has 5 heteroatoms. The summed E-state index contributed by atoms with van der Waals surface area (Å²) in [5, 5.41) is 0. The third-order valence-electron chi connectivity index (χ3n) is 8.27. The molecule has 6 aromatic carbocycles. The zero-order chi connectivity index (χ0) is 30.1. The number of rotatable bonds is 3. The van der Waals surface area contributed by atoms with E-state index in [0.717, 1.165) is 28.1 Å². The summed E-state index contributed by atoms with van der Waals surface area (Å²) in [7, 11) is 0. The molecule has 1 aliphatic rings. The van der Waals surface area contributed by atoms with Crippen LogP contribution in [0.15, 0.2) is 140 Å². The average Bonchev–Trinajstić information content (AvgIpc) is 3.46. The van der Waals surface area contributed by atoms with E-state index >= 15 is 0 Å². The number of benzene rings is 6. The first kappa shape index (κ1) is 30.8. The number of aromatic nitrogens is 2. The molecule has 1 aliphatic heterocycles. The first-order chi connectivity index (χ1) is 21.5. The Morgan fingerprint density at radius 3 is 1.96 bits per heavy atom. The Kier molecular flexibility index (Phi) is 8.94. The van der Waals surface area contributed by atoms with Gasteiger partial charge in [-0.25, -0.2) is 0 Å². The Balaban J connectivity index is 0.000000155. The molecule has 0 aliphatic carbocycles. The molecule has 220 valence electrons. The summed E-state index contributed by atoms with van der Waals surface area (Å²) < 4.78 is 7.15. The molecular weight excluding hydrogens is 790 g/mol. The predicted octanol–water partition coefficient (Wildman–Crippen LogP) is 7.71. The monoisotopic (exact) mass is 823 g/mol. The van der Waals surface area contributed by atoms with Crippen LogP contribution in [0, 0.1) is 31.5 Å². The fraction of sp³-hybridized carbons (Fsp3) is 0.0750. The van der Waals surface area contributed by atoms with Gasteiger partial charge in [-0.2, -0.15) is 30.3 Å². The third kappa shape index (κ3) is 5.83. The van der Waals surface area contributed by atoms with Crippen LogP contribution in [0.4, 0.5) is 17.1 Å². The minimum Gasteiger partial charge on any atom is 4.00 e. The van der Waals surface area contributed by atoms with Gasteiger partial charge in [0.2, 0.25) is 0 Å². The smallest absolute Gasteiger partial charge is 4.00 e. The minimum absolute atomic E-state index is 0. The quantitative estimate of drug-likeness (QED) is 0.101. The standard InChI is InChI=1S/C20H17GeN.C20H15N2.Pt/c1-21(2)17-12-6-8-14-19(17)22(16-10-4-3-5-11-16)20-15-9-7-13-18(20)21;1-16-11-13-18(14-12-16)22-15-21(17-7-3-2-4-8-17)19-9-5-6-10-20(19)22;/h3-10,12-14H,1-2H3;2-7,9-14H,1H3;/q-2;-1;+4. The second kappa shape index (κ2) is 13.0. The predicted molar refractivity (Wildman–Crippen MR) is 183 cm³/mol. The van der Waals surface area contributed by atoms with Gasteiger partial charge in [0.25, 0.3) is 6.33 Å². The molecule has 0 saturated heterocycles. The SMILES string of the molecule is Cc1ccc(-[n+]2[c-]n(-c3[c-]cccc3)c3ccccc32)cc1.[CH3][Ge]1([CH3])[c]2ccc[c-]c2N(c2[c-]cccc2)c2cccc[c]21.[Pt+4]. The summed E-state index contributed by atoms with van der Waals surface area (Å²) in [5.41, 5.74) is 9.18. The minimum atomic E-state index is -2.27. The van der Waals surface area contributed by atoms with Crippen LogP contribution in [-0.2, 0) is 21.1 Å². The average molecular weight is 822 g/mol. The molecule has 0 bridgehead atoms. The summed E-state index contributed by atoms with van der Waals surface area (Å²) in [4.78, 5) is 2.31. The van der Waals surface area contributed by atoms with Crippen LogP contribution in [-0.4, -0.2) is 17.8 Å². The summed E-state index contributed by atoms with van der Waals surface area (Å²) in [6.07, 6.45) is 3.44. The summed E-state index contributed by atoms with van der Waals surface area (Å²) in [6, 6.07) is 58.3. The maximum atomic E-state index is 3.49. The molecule has 1 aromatic heterocycles. The first-order valence-corrected chi connectivity index (χ1v) is 21.2. The van der Waals surface area contributed by atoms with Gasteiger partial charge >= 0.3 is 155 Å². The molecule has 0 radical (unpaired) electrons. The normalized spacial score (nSPS) is 12.7. The van der Waals surface area contributed by atoms with Crippen LogP contribution in [0.3, 0.4) is 0 Å². The van der Waals surface area contributed by atoms with Crippen molar-refractivity contribution in [3.63, 3.8) is 0 Å². The van der Waals surface area contributed by atoms with Crippen molar-refractivity contribution >= 4 is 50.2 Å². The van der Waals surface area contributed by atoms with E-state index in [1.807, 2.05) is 42.5 Å². The van der Waals surface area contributed by atoms with Gasteiger partial charge in [0.1, 0.15) is 0 Å². The number of hydrogen-bond donors (Lipinski definition) is 0. The van der Waals surface area contributed by atoms with Crippen LogP contribution in [0.25, 0.3) is 22.4 Å². The van der Waals surface area contributed by atoms with Gasteiger partial charge in [-0.1, -0.05) is 42.0 Å². The Morgan fingerprint density at radius 2 is 1.22 bits per heavy atom. The number of imidazole rings is 1. The van der Waals surface area contributed by atoms with E-state index in [-0.39, 0.29) is 21.1 Å². The maximum absolute atomic E-state index is 3.49. The fourth-order valence-corrected chi connectivity index (χ4v) is 12.1. The molecule has 0 spiro atoms. The van der Waals surface area contributed by atoms with Gasteiger partial charge in [-0.15, -0.1) is 0 Å². The van der Waals surface area contributed by atoms with E-state index in [9.17, 15) is 0 Å². The van der Waals surface area contributed by atoms with Crippen molar-refractivity contribution in [2.45, 2.75) is 18.4 Å². The third-order valence-corrected chi connectivity index (χ3v) is 15.7. The van der Waals surface area contributed by atoms with Gasteiger partial charge in [0.05, 0.1) is 16.7 Å². The molecule has 7 aromatic rings. The molecule has 8 rings (SSSR count). The van der Waals surface area contributed by atoms with Crippen LogP contribution >= 0.6 is 0 Å². The number of hydrogen-bond acceptors (Lipinski definition) is 1. The van der Waals surface area contributed by atoms with Crippen LogP contribution in [0.1, 0.15) is 5.56 Å². The first-order valence-electron chi connectivity index (χ1n) is 14.9. The van der Waals surface area contributed by atoms with E-state index in [4.69, 9.17) is 0 Å². The topological polar surface area (TPSA) is 12.0 Å². The van der Waals surface area contributed by atoms with Crippen LogP contribution < -0.4 is 18.3 Å². The molecule has 0 saturated carbocycles. The van der Waals surface area contributed by atoms with Crippen LogP contribution in [0.2, 0.25) is 11.5 Å². The van der Waals surface area contributed by atoms with Crippen molar-refractivity contribution < 1.29 is 25.6 Å². The maximum Gasteiger partial charge on any atom is 4.00 e. The zero-order valence-corrected chi connectivity index (χ0v) is 29.8. The Labute approximate surface area is 283 Å². The van der Waals surface area contributed by atoms with E-state index in [2.05, 4.69) is 154 Å². The van der Waals surface area contributed by atoms with E-state index in [0.29, 0.717) is 0 Å². The van der Waals surface area contributed by atoms with Crippen molar-refractivity contribution in [2.24, 2.45) is 0 Å². The zero-order valence-electron chi connectivity index (χ0n) is 25.4. The number of para-hydroxylation sites is 6. The second-order valence-electron chi connectivity index (χ2n) is 11.5. The van der Waals surface area contributed by atoms with Gasteiger partial charge in [0.15, 0.2) is 0 Å². The van der Waals surface area contributed by atoms with Gasteiger partial charge in [-0.3, -0.25) is 4.57 Å². The Morgan fingerprint density at radius 1 is 0.600 bits per heavy atom. The van der Waals surface area contributed by atoms with Crippen LogP contribution in [0.5, 0.6) is 0 Å². The van der Waals surface area contributed by atoms with E-state index < -0.39 is 13.3 Å². The molecule has 0 unspecified atom stereocenters. The second-order valence-corrected chi connectivity index (χ2v) is 20.6. The molecule has 0 N–H and O–H groups in total. The summed E-state index contributed by atoms with van der Waals surface area (Å²) in [5.74, 6) is 4.94. The molecule has 45 heavy (non-hydrogen) atoms. The molecule has 0 atom stereocenters. The van der Waals surface area contributed by atoms with Crippen molar-refractivity contribution in [1.82, 2.24) is 4.57 Å². The molecule has 0 amide bonds. The fourth-order valence-electron chi connectivity index (χ4n) is 6.00. The molecule has 2 heterocycles. The summed E-state index contributed by atoms with van der Waals surface area (Å²) >= 11 is -2.27. The molecule has 3 nitrogen and oxygen atoms in total. The Bertz CT molecular complexity index is 2000. The number of fused-ring (bicyclic) bond motifs is 3. The number of aryl methyl sites for hydroxylation is 1. The van der Waals surface area contributed by atoms with E-state index in [1.165, 1.54) is 25.7 Å². The Hall–Kier alpha value is -4.18. The molecular formula is C40H32GeN3Pt+. The number of anilines is 3. The van der Waals surface area contributed by atoms with Crippen molar-refractivity contribution in [3.05, 3.63) is 170 Å². The summed E-state index contributed by atoms with van der Waals surface area (Å²) in [6.45, 7) is 2.10. The van der Waals surface area contributed by atoms with Gasteiger partial charge < -0.3 is 4.57 Å².